The number of aliphatic hydroxyl groups is 1. The molecule has 1 aromatic rings. The molecule has 3 rings (SSSR count). The molecular weight excluding hydrogens is 463 g/mol. The average molecular weight is 502 g/mol. The van der Waals surface area contributed by atoms with E-state index in [9.17, 15) is 23.1 Å². The van der Waals surface area contributed by atoms with Gasteiger partial charge in [-0.05, 0) is 71.4 Å². The Kier molecular flexibility index (Phi) is 9.01. The van der Waals surface area contributed by atoms with E-state index in [4.69, 9.17) is 9.47 Å². The van der Waals surface area contributed by atoms with Crippen molar-refractivity contribution in [2.45, 2.75) is 83.2 Å². The normalized spacial score (nSPS) is 22.0. The van der Waals surface area contributed by atoms with E-state index in [0.29, 0.717) is 18.8 Å². The number of rotatable bonds is 7. The molecule has 1 aliphatic heterocycles. The Hall–Kier alpha value is -2.36. The molecule has 0 aromatic heterocycles. The number of alkyl halides is 3. The van der Waals surface area contributed by atoms with Crippen molar-refractivity contribution < 1.29 is 32.5 Å². The summed E-state index contributed by atoms with van der Waals surface area (Å²) in [5.74, 6) is -0.673. The van der Waals surface area contributed by atoms with Crippen LogP contribution in [0.3, 0.4) is 0 Å². The van der Waals surface area contributed by atoms with Crippen molar-refractivity contribution in [2.75, 3.05) is 36.5 Å². The molecule has 1 saturated heterocycles. The van der Waals surface area contributed by atoms with Gasteiger partial charge in [0, 0.05) is 36.9 Å². The predicted octanol–water partition coefficient (Wildman–Crippen LogP) is 5.08. The number of nitrogens with one attached hydrogen (secondary N) is 2. The van der Waals surface area contributed by atoms with E-state index in [1.54, 1.807) is 0 Å². The number of amides is 1. The molecule has 3 N–H and O–H groups in total. The monoisotopic (exact) mass is 501 g/mol. The van der Waals surface area contributed by atoms with Gasteiger partial charge in [0.1, 0.15) is 18.0 Å². The lowest BCUT2D eigenvalue weighted by molar-refractivity contribution is -0.179. The van der Waals surface area contributed by atoms with Crippen molar-refractivity contribution in [2.24, 2.45) is 5.92 Å². The Morgan fingerprint density at radius 2 is 1.69 bits per heavy atom. The summed E-state index contributed by atoms with van der Waals surface area (Å²) in [6.45, 7) is 6.16. The molecule has 0 radical (unpaired) electrons. The van der Waals surface area contributed by atoms with E-state index < -0.39 is 23.8 Å². The Bertz CT molecular complexity index is 828. The van der Waals surface area contributed by atoms with Gasteiger partial charge in [-0.25, -0.2) is 4.79 Å². The second-order valence-corrected chi connectivity index (χ2v) is 10.4. The summed E-state index contributed by atoms with van der Waals surface area (Å²) in [5.41, 5.74) is 1.07. The van der Waals surface area contributed by atoms with Crippen molar-refractivity contribution in [3.05, 3.63) is 18.2 Å². The Balaban J connectivity index is 1.57. The first-order valence-corrected chi connectivity index (χ1v) is 12.4. The van der Waals surface area contributed by atoms with E-state index in [1.807, 2.05) is 43.9 Å². The summed E-state index contributed by atoms with van der Waals surface area (Å²) in [6, 6.07) is 5.88. The maximum absolute atomic E-state index is 13.0. The minimum Gasteiger partial charge on any atom is -0.489 e. The van der Waals surface area contributed by atoms with Crippen LogP contribution in [0.2, 0.25) is 0 Å². The fraction of sp³-hybridized carbons (Fsp3) is 0.720. The van der Waals surface area contributed by atoms with Gasteiger partial charge < -0.3 is 30.1 Å². The molecule has 0 atom stereocenters. The number of benzene rings is 1. The highest BCUT2D eigenvalue weighted by Gasteiger charge is 2.41. The Labute approximate surface area is 205 Å². The summed E-state index contributed by atoms with van der Waals surface area (Å²) in [6.07, 6.45) is -1.04. The van der Waals surface area contributed by atoms with Crippen molar-refractivity contribution in [3.8, 4) is 5.75 Å². The molecule has 10 heteroatoms. The highest BCUT2D eigenvalue weighted by atomic mass is 19.4. The molecule has 0 unspecified atom stereocenters. The lowest BCUT2D eigenvalue weighted by Gasteiger charge is -2.35. The van der Waals surface area contributed by atoms with Crippen LogP contribution in [0, 0.1) is 5.92 Å². The minimum absolute atomic E-state index is 0.0648. The van der Waals surface area contributed by atoms with Crippen LogP contribution >= 0.6 is 0 Å². The second kappa shape index (κ2) is 11.6. The fourth-order valence-corrected chi connectivity index (χ4v) is 4.64. The third-order valence-electron chi connectivity index (χ3n) is 6.44. The van der Waals surface area contributed by atoms with Gasteiger partial charge in [-0.1, -0.05) is 0 Å². The fourth-order valence-electron chi connectivity index (χ4n) is 4.64. The number of carbonyl (C=O) groups is 1. The molecule has 35 heavy (non-hydrogen) atoms. The van der Waals surface area contributed by atoms with Gasteiger partial charge in [0.15, 0.2) is 0 Å². The number of piperidine rings is 1. The number of alkyl carbamates (subject to hydrolysis) is 1. The van der Waals surface area contributed by atoms with Crippen molar-refractivity contribution in [1.29, 1.82) is 0 Å². The van der Waals surface area contributed by atoms with E-state index in [-0.39, 0.29) is 38.1 Å². The zero-order valence-electron chi connectivity index (χ0n) is 20.8. The number of halogens is 3. The van der Waals surface area contributed by atoms with Gasteiger partial charge in [0.05, 0.1) is 18.2 Å². The number of hydrogen-bond acceptors (Lipinski definition) is 6. The van der Waals surface area contributed by atoms with E-state index in [0.717, 1.165) is 37.1 Å². The van der Waals surface area contributed by atoms with Crippen molar-refractivity contribution in [3.63, 3.8) is 0 Å². The molecule has 0 spiro atoms. The van der Waals surface area contributed by atoms with Crippen LogP contribution < -0.4 is 20.3 Å². The van der Waals surface area contributed by atoms with Crippen LogP contribution in [0.4, 0.5) is 29.3 Å². The smallest absolute Gasteiger partial charge is 0.407 e. The lowest BCUT2D eigenvalue weighted by atomic mass is 9.91. The molecule has 0 bridgehead atoms. The molecule has 2 fully saturated rings. The van der Waals surface area contributed by atoms with Gasteiger partial charge in [-0.15, -0.1) is 0 Å². The molecule has 1 heterocycles. The van der Waals surface area contributed by atoms with Gasteiger partial charge in [0.25, 0.3) is 0 Å². The molecule has 2 aliphatic rings. The van der Waals surface area contributed by atoms with Crippen LogP contribution in [-0.4, -0.2) is 61.4 Å². The Morgan fingerprint density at radius 1 is 1.06 bits per heavy atom. The third-order valence-corrected chi connectivity index (χ3v) is 6.44. The highest BCUT2D eigenvalue weighted by molar-refractivity contribution is 5.68. The highest BCUT2D eigenvalue weighted by Crippen LogP contribution is 2.37. The number of nitrogens with zero attached hydrogens (tertiary/aromatic N) is 1. The van der Waals surface area contributed by atoms with Crippen LogP contribution in [0.15, 0.2) is 18.2 Å². The standard InChI is InChI=1S/C25H38F3N3O4/c1-24(2,3)35-23(33)30-19-6-4-18(5-7-19)29-21-9-8-20(16-22(21)34-15-14-32)31-12-10-17(11-13-31)25(26,27)28/h8-9,16-19,29,32H,4-7,10-15H2,1-3H3,(H,30,33). The van der Waals surface area contributed by atoms with E-state index >= 15 is 0 Å². The summed E-state index contributed by atoms with van der Waals surface area (Å²) >= 11 is 0. The Morgan fingerprint density at radius 3 is 2.26 bits per heavy atom. The first-order valence-electron chi connectivity index (χ1n) is 12.4. The topological polar surface area (TPSA) is 83.1 Å². The number of aliphatic hydroxyl groups excluding tert-OH is 1. The SMILES string of the molecule is CC(C)(C)OC(=O)NC1CCC(Nc2ccc(N3CCC(C(F)(F)F)CC3)cc2OCCO)CC1. The van der Waals surface area contributed by atoms with E-state index in [1.165, 1.54) is 0 Å². The minimum atomic E-state index is -4.14. The molecule has 1 aromatic carbocycles. The summed E-state index contributed by atoms with van der Waals surface area (Å²) in [7, 11) is 0. The summed E-state index contributed by atoms with van der Waals surface area (Å²) in [4.78, 5) is 14.0. The maximum atomic E-state index is 13.0. The van der Waals surface area contributed by atoms with E-state index in [2.05, 4.69) is 10.6 Å². The average Bonchev–Trinajstić information content (AvgIpc) is 2.78. The van der Waals surface area contributed by atoms with Crippen LogP contribution in [0.25, 0.3) is 0 Å². The summed E-state index contributed by atoms with van der Waals surface area (Å²) < 4.78 is 50.1. The van der Waals surface area contributed by atoms with Gasteiger partial charge >= 0.3 is 12.3 Å². The molecule has 1 amide bonds. The number of hydrogen-bond donors (Lipinski definition) is 3. The predicted molar refractivity (Wildman–Crippen MR) is 129 cm³/mol. The van der Waals surface area contributed by atoms with Gasteiger partial charge in [-0.2, -0.15) is 13.2 Å². The zero-order valence-corrected chi connectivity index (χ0v) is 20.8. The number of carbonyl (C=O) groups excluding carboxylic acids is 1. The van der Waals surface area contributed by atoms with Crippen molar-refractivity contribution >= 4 is 17.5 Å². The van der Waals surface area contributed by atoms with Gasteiger partial charge in [-0.3, -0.25) is 0 Å². The van der Waals surface area contributed by atoms with Crippen LogP contribution in [0.5, 0.6) is 5.75 Å². The molecular formula is C25H38F3N3O4. The number of ether oxygens (including phenoxy) is 2. The van der Waals surface area contributed by atoms with Crippen molar-refractivity contribution in [1.82, 2.24) is 5.32 Å². The quantitative estimate of drug-likeness (QED) is 0.483. The zero-order chi connectivity index (χ0) is 25.6. The van der Waals surface area contributed by atoms with Crippen LogP contribution in [0.1, 0.15) is 59.3 Å². The molecule has 7 nitrogen and oxygen atoms in total. The molecule has 1 aliphatic carbocycles. The largest absolute Gasteiger partial charge is 0.489 e. The first-order chi connectivity index (χ1) is 16.4. The maximum Gasteiger partial charge on any atom is 0.407 e. The molecule has 198 valence electrons. The van der Waals surface area contributed by atoms with Gasteiger partial charge in [0.2, 0.25) is 0 Å². The number of anilines is 2. The third kappa shape index (κ3) is 8.37. The van der Waals surface area contributed by atoms with Crippen LogP contribution in [-0.2, 0) is 4.74 Å². The lowest BCUT2D eigenvalue weighted by Crippen LogP contribution is -2.42. The second-order valence-electron chi connectivity index (χ2n) is 10.4. The molecule has 1 saturated carbocycles. The summed E-state index contributed by atoms with van der Waals surface area (Å²) in [5, 5.41) is 15.7. The first kappa shape index (κ1) is 27.2.